The van der Waals surface area contributed by atoms with Gasteiger partial charge in [-0.25, -0.2) is 9.68 Å². The van der Waals surface area contributed by atoms with Gasteiger partial charge >= 0.3 is 6.16 Å². The summed E-state index contributed by atoms with van der Waals surface area (Å²) >= 11 is 0. The zero-order valence-electron chi connectivity index (χ0n) is 16.4. The molecule has 0 N–H and O–H groups in total. The normalized spacial score (nSPS) is 22.2. The van der Waals surface area contributed by atoms with Gasteiger partial charge in [0.15, 0.2) is 0 Å². The lowest BCUT2D eigenvalue weighted by Crippen LogP contribution is -2.31. The van der Waals surface area contributed by atoms with Crippen molar-refractivity contribution < 1.29 is 24.3 Å². The van der Waals surface area contributed by atoms with Crippen molar-refractivity contribution in [3.63, 3.8) is 0 Å². The van der Waals surface area contributed by atoms with Crippen molar-refractivity contribution in [3.05, 3.63) is 0 Å². The monoisotopic (exact) mass is 344 g/mol. The molecule has 0 aliphatic heterocycles. The molecular weight excluding hydrogens is 308 g/mol. The maximum absolute atomic E-state index is 11.7. The molecule has 0 aromatic rings. The standard InChI is InChI=1S/C19H36O5/c1-7-8-9-14-19(5,6)23-24-22-17(20)21-16-12-10-15(11-13-16)18(2,3)4/h15-16H,7-14H2,1-6H3. The Hall–Kier alpha value is -0.810. The molecule has 142 valence electrons. The van der Waals surface area contributed by atoms with Crippen molar-refractivity contribution in [1.82, 2.24) is 0 Å². The molecule has 1 aliphatic carbocycles. The molecule has 0 saturated heterocycles. The van der Waals surface area contributed by atoms with Gasteiger partial charge in [-0.05, 0) is 62.3 Å². The van der Waals surface area contributed by atoms with E-state index in [4.69, 9.17) is 9.62 Å². The largest absolute Gasteiger partial charge is 0.542 e. The third kappa shape index (κ3) is 8.34. The minimum Gasteiger partial charge on any atom is -0.429 e. The molecule has 0 spiro atoms. The Morgan fingerprint density at radius 2 is 1.62 bits per heavy atom. The third-order valence-electron chi connectivity index (χ3n) is 4.91. The molecule has 0 amide bonds. The fraction of sp³-hybridized carbons (Fsp3) is 0.947. The van der Waals surface area contributed by atoms with Crippen LogP contribution >= 0.6 is 0 Å². The smallest absolute Gasteiger partial charge is 0.429 e. The number of rotatable bonds is 8. The Balaban J connectivity index is 2.19. The Kier molecular flexibility index (Phi) is 8.51. The number of hydrogen-bond donors (Lipinski definition) is 0. The second-order valence-corrected chi connectivity index (χ2v) is 8.66. The predicted molar refractivity (Wildman–Crippen MR) is 93.2 cm³/mol. The van der Waals surface area contributed by atoms with Crippen molar-refractivity contribution in [3.8, 4) is 0 Å². The summed E-state index contributed by atoms with van der Waals surface area (Å²) in [4.78, 5) is 21.5. The van der Waals surface area contributed by atoms with Crippen LogP contribution in [0.5, 0.6) is 0 Å². The topological polar surface area (TPSA) is 54.0 Å². The molecule has 0 heterocycles. The van der Waals surface area contributed by atoms with Gasteiger partial charge in [0, 0.05) is 0 Å². The second kappa shape index (κ2) is 9.62. The average Bonchev–Trinajstić information content (AvgIpc) is 2.46. The van der Waals surface area contributed by atoms with Gasteiger partial charge in [0.2, 0.25) is 0 Å². The summed E-state index contributed by atoms with van der Waals surface area (Å²) in [6.45, 7) is 12.8. The number of carbonyl (C=O) groups is 1. The summed E-state index contributed by atoms with van der Waals surface area (Å²) in [7, 11) is 0. The summed E-state index contributed by atoms with van der Waals surface area (Å²) in [5.74, 6) is 0.678. The van der Waals surface area contributed by atoms with Crippen LogP contribution < -0.4 is 0 Å². The molecule has 1 saturated carbocycles. The second-order valence-electron chi connectivity index (χ2n) is 8.66. The molecule has 0 unspecified atom stereocenters. The van der Waals surface area contributed by atoms with Gasteiger partial charge < -0.3 is 4.74 Å². The van der Waals surface area contributed by atoms with Crippen LogP contribution in [0, 0.1) is 11.3 Å². The highest BCUT2D eigenvalue weighted by molar-refractivity contribution is 5.59. The van der Waals surface area contributed by atoms with E-state index in [1.54, 1.807) is 0 Å². The van der Waals surface area contributed by atoms with Crippen LogP contribution in [0.4, 0.5) is 4.79 Å². The van der Waals surface area contributed by atoms with E-state index in [-0.39, 0.29) is 6.10 Å². The van der Waals surface area contributed by atoms with E-state index in [2.05, 4.69) is 37.6 Å². The van der Waals surface area contributed by atoms with Crippen molar-refractivity contribution in [2.45, 2.75) is 105 Å². The Morgan fingerprint density at radius 1 is 1.00 bits per heavy atom. The fourth-order valence-electron chi connectivity index (χ4n) is 3.18. The maximum Gasteiger partial charge on any atom is 0.542 e. The summed E-state index contributed by atoms with van der Waals surface area (Å²) in [6.07, 6.45) is 7.18. The maximum atomic E-state index is 11.7. The van der Waals surface area contributed by atoms with E-state index < -0.39 is 11.8 Å². The van der Waals surface area contributed by atoms with Crippen LogP contribution in [0.3, 0.4) is 0 Å². The molecule has 0 bridgehead atoms. The first kappa shape index (κ1) is 21.2. The highest BCUT2D eigenvalue weighted by atomic mass is 17.5. The van der Waals surface area contributed by atoms with E-state index in [9.17, 15) is 4.79 Å². The van der Waals surface area contributed by atoms with Gasteiger partial charge in [0.05, 0.1) is 0 Å². The Labute approximate surface area is 147 Å². The molecule has 5 nitrogen and oxygen atoms in total. The molecule has 0 aromatic carbocycles. The molecule has 5 heteroatoms. The lowest BCUT2D eigenvalue weighted by atomic mass is 9.72. The molecule has 1 aliphatic rings. The summed E-state index contributed by atoms with van der Waals surface area (Å²) in [5.41, 5.74) is -0.175. The van der Waals surface area contributed by atoms with Crippen molar-refractivity contribution in [2.24, 2.45) is 11.3 Å². The van der Waals surface area contributed by atoms with Gasteiger partial charge in [-0.1, -0.05) is 47.0 Å². The molecule has 0 radical (unpaired) electrons. The number of ether oxygens (including phenoxy) is 1. The van der Waals surface area contributed by atoms with E-state index in [1.165, 1.54) is 0 Å². The first-order chi connectivity index (χ1) is 11.1. The molecule has 0 aromatic heterocycles. The van der Waals surface area contributed by atoms with E-state index >= 15 is 0 Å². The Morgan fingerprint density at radius 3 is 2.17 bits per heavy atom. The molecule has 24 heavy (non-hydrogen) atoms. The van der Waals surface area contributed by atoms with Crippen LogP contribution in [0.15, 0.2) is 0 Å². The lowest BCUT2D eigenvalue weighted by molar-refractivity contribution is -0.517. The van der Waals surface area contributed by atoms with Gasteiger partial charge in [-0.2, -0.15) is 4.89 Å². The fourth-order valence-corrected chi connectivity index (χ4v) is 3.18. The van der Waals surface area contributed by atoms with Crippen LogP contribution in [0.1, 0.15) is 92.9 Å². The zero-order chi connectivity index (χ0) is 18.2. The van der Waals surface area contributed by atoms with E-state index in [0.717, 1.165) is 51.4 Å². The van der Waals surface area contributed by atoms with E-state index in [1.807, 2.05) is 13.8 Å². The van der Waals surface area contributed by atoms with Crippen LogP contribution in [0.25, 0.3) is 0 Å². The summed E-state index contributed by atoms with van der Waals surface area (Å²) in [6, 6.07) is 0. The first-order valence-corrected chi connectivity index (χ1v) is 9.37. The molecule has 1 fully saturated rings. The SMILES string of the molecule is CCCCCC(C)(C)OOOC(=O)OC1CCC(C(C)(C)C)CC1. The van der Waals surface area contributed by atoms with Gasteiger partial charge in [0.25, 0.3) is 0 Å². The van der Waals surface area contributed by atoms with Gasteiger partial charge in [0.1, 0.15) is 11.7 Å². The van der Waals surface area contributed by atoms with Crippen molar-refractivity contribution >= 4 is 6.16 Å². The highest BCUT2D eigenvalue weighted by Crippen LogP contribution is 2.38. The average molecular weight is 344 g/mol. The first-order valence-electron chi connectivity index (χ1n) is 9.37. The summed E-state index contributed by atoms with van der Waals surface area (Å²) in [5, 5.41) is 4.63. The number of carbonyl (C=O) groups excluding carboxylic acids is 1. The molecule has 1 rings (SSSR count). The quantitative estimate of drug-likeness (QED) is 0.235. The number of hydrogen-bond acceptors (Lipinski definition) is 5. The molecule has 0 atom stereocenters. The summed E-state index contributed by atoms with van der Waals surface area (Å²) < 4.78 is 5.30. The Bertz CT molecular complexity index is 364. The minimum absolute atomic E-state index is 0.0859. The van der Waals surface area contributed by atoms with Gasteiger partial charge in [-0.15, -0.1) is 0 Å². The lowest BCUT2D eigenvalue weighted by Gasteiger charge is -2.36. The van der Waals surface area contributed by atoms with Crippen LogP contribution in [-0.4, -0.2) is 17.9 Å². The van der Waals surface area contributed by atoms with Crippen LogP contribution in [0.2, 0.25) is 0 Å². The van der Waals surface area contributed by atoms with Crippen LogP contribution in [-0.2, 0) is 19.6 Å². The van der Waals surface area contributed by atoms with Crippen molar-refractivity contribution in [2.75, 3.05) is 0 Å². The van der Waals surface area contributed by atoms with E-state index in [0.29, 0.717) is 11.3 Å². The zero-order valence-corrected chi connectivity index (χ0v) is 16.4. The van der Waals surface area contributed by atoms with Gasteiger partial charge in [-0.3, -0.25) is 0 Å². The van der Waals surface area contributed by atoms with Crippen molar-refractivity contribution in [1.29, 1.82) is 0 Å². The minimum atomic E-state index is -0.821. The predicted octanol–water partition coefficient (Wildman–Crippen LogP) is 5.97. The number of unbranched alkanes of at least 4 members (excludes halogenated alkanes) is 2. The molecular formula is C19H36O5. The third-order valence-corrected chi connectivity index (χ3v) is 4.91. The highest BCUT2D eigenvalue weighted by Gasteiger charge is 2.31.